The summed E-state index contributed by atoms with van der Waals surface area (Å²) >= 11 is 0. The smallest absolute Gasteiger partial charge is 0.140 e. The number of imidazole rings is 1. The molecule has 1 aromatic carbocycles. The van der Waals surface area contributed by atoms with Crippen LogP contribution in [0.3, 0.4) is 0 Å². The van der Waals surface area contributed by atoms with Crippen LogP contribution in [-0.2, 0) is 0 Å². The van der Waals surface area contributed by atoms with E-state index in [1.807, 2.05) is 37.5 Å². The van der Waals surface area contributed by atoms with Crippen LogP contribution in [0.1, 0.15) is 19.9 Å². The Bertz CT molecular complexity index is 445. The van der Waals surface area contributed by atoms with Crippen molar-refractivity contribution in [3.63, 3.8) is 0 Å². The maximum atomic E-state index is 5.93. The lowest BCUT2D eigenvalue weighted by molar-refractivity contribution is 0.469. The maximum Gasteiger partial charge on any atom is 0.140 e. The number of hydrogen-bond acceptors (Lipinski definition) is 2. The summed E-state index contributed by atoms with van der Waals surface area (Å²) in [6.07, 6.45) is 3.80. The van der Waals surface area contributed by atoms with Gasteiger partial charge >= 0.3 is 0 Å². The number of hydrogen-bond donors (Lipinski definition) is 1. The van der Waals surface area contributed by atoms with E-state index in [-0.39, 0.29) is 12.1 Å². The zero-order chi connectivity index (χ0) is 11.5. The summed E-state index contributed by atoms with van der Waals surface area (Å²) in [7, 11) is 0. The zero-order valence-electron chi connectivity index (χ0n) is 9.67. The predicted octanol–water partition coefficient (Wildman–Crippen LogP) is 2.46. The van der Waals surface area contributed by atoms with Gasteiger partial charge in [0, 0.05) is 30.0 Å². The van der Waals surface area contributed by atoms with Crippen molar-refractivity contribution in [2.24, 2.45) is 5.73 Å². The Kier molecular flexibility index (Phi) is 3.06. The van der Waals surface area contributed by atoms with Gasteiger partial charge in [0.15, 0.2) is 0 Å². The molecule has 2 N–H and O–H groups in total. The van der Waals surface area contributed by atoms with E-state index in [2.05, 4.69) is 28.6 Å². The average Bonchev–Trinajstić information content (AvgIpc) is 2.77. The van der Waals surface area contributed by atoms with E-state index in [1.165, 1.54) is 0 Å². The fraction of sp³-hybridized carbons (Fsp3) is 0.308. The van der Waals surface area contributed by atoms with Crippen LogP contribution in [0.2, 0.25) is 0 Å². The van der Waals surface area contributed by atoms with Crippen molar-refractivity contribution in [3.05, 3.63) is 42.7 Å². The van der Waals surface area contributed by atoms with Crippen LogP contribution < -0.4 is 5.73 Å². The molecule has 3 nitrogen and oxygen atoms in total. The van der Waals surface area contributed by atoms with Gasteiger partial charge in [0.05, 0.1) is 0 Å². The second-order valence-electron chi connectivity index (χ2n) is 4.12. The van der Waals surface area contributed by atoms with Gasteiger partial charge in [-0.05, 0) is 13.8 Å². The lowest BCUT2D eigenvalue weighted by Crippen LogP contribution is -2.27. The summed E-state index contributed by atoms with van der Waals surface area (Å²) in [6, 6.07) is 10.5. The first-order valence-corrected chi connectivity index (χ1v) is 5.54. The largest absolute Gasteiger partial charge is 0.327 e. The number of nitrogens with zero attached hydrogens (tertiary/aromatic N) is 2. The van der Waals surface area contributed by atoms with E-state index in [9.17, 15) is 0 Å². The molecule has 2 rings (SSSR count). The molecule has 0 saturated heterocycles. The number of aromatic nitrogens is 2. The highest BCUT2D eigenvalue weighted by atomic mass is 15.1. The lowest BCUT2D eigenvalue weighted by atomic mass is 10.1. The van der Waals surface area contributed by atoms with E-state index in [1.54, 1.807) is 0 Å². The third-order valence-corrected chi connectivity index (χ3v) is 2.90. The second-order valence-corrected chi connectivity index (χ2v) is 4.12. The average molecular weight is 215 g/mol. The van der Waals surface area contributed by atoms with Crippen molar-refractivity contribution >= 4 is 0 Å². The standard InChI is InChI=1S/C13H17N3/c1-10(14)11(2)16-9-8-15-13(16)12-6-4-3-5-7-12/h3-11H,14H2,1-2H3. The highest BCUT2D eigenvalue weighted by Gasteiger charge is 2.14. The Morgan fingerprint density at radius 2 is 1.88 bits per heavy atom. The molecule has 0 saturated carbocycles. The Balaban J connectivity index is 2.40. The monoisotopic (exact) mass is 215 g/mol. The Morgan fingerprint density at radius 3 is 2.50 bits per heavy atom. The summed E-state index contributed by atoms with van der Waals surface area (Å²) in [6.45, 7) is 4.12. The summed E-state index contributed by atoms with van der Waals surface area (Å²) in [5.74, 6) is 0.977. The molecule has 1 heterocycles. The van der Waals surface area contributed by atoms with Crippen LogP contribution >= 0.6 is 0 Å². The van der Waals surface area contributed by atoms with E-state index in [0.717, 1.165) is 11.4 Å². The van der Waals surface area contributed by atoms with E-state index in [4.69, 9.17) is 5.73 Å². The van der Waals surface area contributed by atoms with Crippen molar-refractivity contribution in [1.29, 1.82) is 0 Å². The minimum Gasteiger partial charge on any atom is -0.327 e. The van der Waals surface area contributed by atoms with Crippen molar-refractivity contribution in [2.45, 2.75) is 25.9 Å². The normalized spacial score (nSPS) is 14.7. The summed E-state index contributed by atoms with van der Waals surface area (Å²) < 4.78 is 2.12. The zero-order valence-corrected chi connectivity index (χ0v) is 9.67. The molecule has 0 aliphatic heterocycles. The third-order valence-electron chi connectivity index (χ3n) is 2.90. The Hall–Kier alpha value is -1.61. The fourth-order valence-corrected chi connectivity index (χ4v) is 1.71. The van der Waals surface area contributed by atoms with Crippen LogP contribution in [-0.4, -0.2) is 15.6 Å². The molecular formula is C13H17N3. The molecule has 0 aliphatic carbocycles. The van der Waals surface area contributed by atoms with Crippen LogP contribution in [0.25, 0.3) is 11.4 Å². The van der Waals surface area contributed by atoms with Gasteiger partial charge in [0.25, 0.3) is 0 Å². The fourth-order valence-electron chi connectivity index (χ4n) is 1.71. The van der Waals surface area contributed by atoms with Crippen molar-refractivity contribution in [2.75, 3.05) is 0 Å². The maximum absolute atomic E-state index is 5.93. The highest BCUT2D eigenvalue weighted by Crippen LogP contribution is 2.21. The van der Waals surface area contributed by atoms with Gasteiger partial charge in [0.1, 0.15) is 5.82 Å². The van der Waals surface area contributed by atoms with Crippen molar-refractivity contribution in [3.8, 4) is 11.4 Å². The first-order valence-electron chi connectivity index (χ1n) is 5.54. The molecular weight excluding hydrogens is 198 g/mol. The molecule has 0 fully saturated rings. The molecule has 0 amide bonds. The van der Waals surface area contributed by atoms with Crippen molar-refractivity contribution < 1.29 is 0 Å². The van der Waals surface area contributed by atoms with E-state index >= 15 is 0 Å². The minimum atomic E-state index is 0.108. The molecule has 0 radical (unpaired) electrons. The topological polar surface area (TPSA) is 43.8 Å². The van der Waals surface area contributed by atoms with Gasteiger partial charge in [-0.3, -0.25) is 0 Å². The first kappa shape index (κ1) is 10.9. The molecule has 0 spiro atoms. The number of nitrogens with two attached hydrogens (primary N) is 1. The quantitative estimate of drug-likeness (QED) is 0.854. The first-order chi connectivity index (χ1) is 7.70. The molecule has 0 bridgehead atoms. The van der Waals surface area contributed by atoms with Crippen LogP contribution in [0.15, 0.2) is 42.7 Å². The van der Waals surface area contributed by atoms with E-state index in [0.29, 0.717) is 0 Å². The van der Waals surface area contributed by atoms with Gasteiger partial charge in [-0.1, -0.05) is 30.3 Å². The molecule has 84 valence electrons. The van der Waals surface area contributed by atoms with Gasteiger partial charge in [-0.15, -0.1) is 0 Å². The molecule has 2 unspecified atom stereocenters. The molecule has 2 atom stereocenters. The number of rotatable bonds is 3. The lowest BCUT2D eigenvalue weighted by Gasteiger charge is -2.19. The van der Waals surface area contributed by atoms with E-state index < -0.39 is 0 Å². The number of benzene rings is 1. The molecule has 0 aliphatic rings. The Labute approximate surface area is 95.9 Å². The molecule has 2 aromatic rings. The van der Waals surface area contributed by atoms with Gasteiger partial charge in [-0.25, -0.2) is 4.98 Å². The summed E-state index contributed by atoms with van der Waals surface area (Å²) in [4.78, 5) is 4.40. The molecule has 1 aromatic heterocycles. The highest BCUT2D eigenvalue weighted by molar-refractivity contribution is 5.55. The SMILES string of the molecule is CC(N)C(C)n1ccnc1-c1ccccc1. The van der Waals surface area contributed by atoms with Crippen LogP contribution in [0.5, 0.6) is 0 Å². The van der Waals surface area contributed by atoms with Gasteiger partial charge in [0.2, 0.25) is 0 Å². The Morgan fingerprint density at radius 1 is 1.19 bits per heavy atom. The van der Waals surface area contributed by atoms with Crippen molar-refractivity contribution in [1.82, 2.24) is 9.55 Å². The van der Waals surface area contributed by atoms with Gasteiger partial charge in [-0.2, -0.15) is 0 Å². The predicted molar refractivity (Wildman–Crippen MR) is 66.0 cm³/mol. The molecule has 16 heavy (non-hydrogen) atoms. The van der Waals surface area contributed by atoms with Crippen LogP contribution in [0.4, 0.5) is 0 Å². The summed E-state index contributed by atoms with van der Waals surface area (Å²) in [5.41, 5.74) is 7.05. The second kappa shape index (κ2) is 4.49. The van der Waals surface area contributed by atoms with Gasteiger partial charge < -0.3 is 10.3 Å². The minimum absolute atomic E-state index is 0.108. The molecule has 3 heteroatoms. The third kappa shape index (κ3) is 1.99. The van der Waals surface area contributed by atoms with Crippen LogP contribution in [0, 0.1) is 0 Å². The summed E-state index contributed by atoms with van der Waals surface area (Å²) in [5, 5.41) is 0.